The van der Waals surface area contributed by atoms with Crippen LogP contribution >= 0.6 is 0 Å². The number of nitrogens with one attached hydrogen (secondary N) is 2. The summed E-state index contributed by atoms with van der Waals surface area (Å²) in [5, 5.41) is -0.910. The smallest absolute Gasteiger partial charge is 0.218 e. The van der Waals surface area contributed by atoms with E-state index in [0.717, 1.165) is 24.3 Å². The molecule has 11 rings (SSSR count). The molecule has 1 unspecified atom stereocenters. The first kappa shape index (κ1) is 56.5. The van der Waals surface area contributed by atoms with Crippen LogP contribution in [0.3, 0.4) is 0 Å². The SMILES string of the molecule is C[n+]1ccccc1-c1c(F)c(F)c(/C2=C3\C=CC(=N3)/C(c3c(F)c(F)c(-c4cccc[n+]4C)c(F)c3F)=c3/cc/c([nH]3)=C(\c3c(F)c(F)c(-c4cccc[n+]4C)c(F)c3F)C3=NC(C=C3)c3ccc2[nH]3)c(F)c1F.[I-].[I-].[I-]. The molecule has 3 aromatic carbocycles. The predicted molar refractivity (Wildman–Crippen MR) is 246 cm³/mol. The van der Waals surface area contributed by atoms with Crippen molar-refractivity contribution in [3.63, 3.8) is 0 Å². The Morgan fingerprint density at radius 3 is 1.17 bits per heavy atom. The summed E-state index contributed by atoms with van der Waals surface area (Å²) >= 11 is 0. The van der Waals surface area contributed by atoms with E-state index < -0.39 is 148 Å². The summed E-state index contributed by atoms with van der Waals surface area (Å²) in [6.07, 6.45) is 8.81. The van der Waals surface area contributed by atoms with Crippen LogP contribution in [0.25, 0.3) is 50.5 Å². The Morgan fingerprint density at radius 2 is 0.766 bits per heavy atom. The molecule has 0 amide bonds. The molecular formula is C55H32F12I3N7. The van der Waals surface area contributed by atoms with Crippen LogP contribution < -0.4 is 96.3 Å². The van der Waals surface area contributed by atoms with E-state index in [1.807, 2.05) is 0 Å². The monoisotopic (exact) mass is 1400 g/mol. The van der Waals surface area contributed by atoms with Crippen LogP contribution in [-0.4, -0.2) is 21.4 Å². The zero-order valence-corrected chi connectivity index (χ0v) is 46.0. The number of H-pyrrole nitrogens is 2. The number of rotatable bonds is 6. The van der Waals surface area contributed by atoms with Gasteiger partial charge in [-0.05, 0) is 60.7 Å². The average Bonchev–Trinajstić information content (AvgIpc) is 4.28. The number of allylic oxidation sites excluding steroid dienone is 3. The first-order valence-corrected chi connectivity index (χ1v) is 22.3. The molecule has 2 N–H and O–H groups in total. The molecule has 0 aliphatic carbocycles. The molecule has 0 radical (unpaired) electrons. The molecule has 0 saturated carbocycles. The molecule has 0 fully saturated rings. The lowest BCUT2D eigenvalue weighted by Gasteiger charge is -2.15. The number of nitrogens with zero attached hydrogens (tertiary/aromatic N) is 5. The molecule has 1 atom stereocenters. The third kappa shape index (κ3) is 9.05. The highest BCUT2D eigenvalue weighted by atomic mass is 127. The van der Waals surface area contributed by atoms with E-state index in [2.05, 4.69) is 20.0 Å². The van der Waals surface area contributed by atoms with Gasteiger partial charge in [-0.1, -0.05) is 6.08 Å². The van der Waals surface area contributed by atoms with Crippen molar-refractivity contribution >= 4 is 28.1 Å². The first-order valence-electron chi connectivity index (χ1n) is 22.3. The third-order valence-electron chi connectivity index (χ3n) is 13.1. The number of aliphatic imine (C=N–C) groups is 2. The molecule has 3 aliphatic rings. The van der Waals surface area contributed by atoms with E-state index in [4.69, 9.17) is 0 Å². The minimum atomic E-state index is -1.98. The molecule has 8 bridgehead atoms. The van der Waals surface area contributed by atoms with Gasteiger partial charge in [-0.15, -0.1) is 0 Å². The Kier molecular flexibility index (Phi) is 15.9. The van der Waals surface area contributed by atoms with E-state index in [9.17, 15) is 0 Å². The molecular weight excluding hydrogens is 1370 g/mol. The molecule has 392 valence electrons. The molecule has 3 aliphatic heterocycles. The molecule has 0 spiro atoms. The lowest BCUT2D eigenvalue weighted by Crippen LogP contribution is -3.00. The second kappa shape index (κ2) is 21.6. The van der Waals surface area contributed by atoms with Gasteiger partial charge in [0.2, 0.25) is 17.1 Å². The maximum Gasteiger partial charge on any atom is 0.218 e. The van der Waals surface area contributed by atoms with Crippen LogP contribution in [0, 0.1) is 69.8 Å². The van der Waals surface area contributed by atoms with Gasteiger partial charge in [0.15, 0.2) is 88.4 Å². The van der Waals surface area contributed by atoms with Crippen molar-refractivity contribution in [3.8, 4) is 33.8 Å². The minimum absolute atomic E-state index is 0. The molecule has 8 aromatic rings. The summed E-state index contributed by atoms with van der Waals surface area (Å²) in [4.78, 5) is 14.7. The van der Waals surface area contributed by atoms with Gasteiger partial charge < -0.3 is 81.9 Å². The maximum absolute atomic E-state index is 17.0. The highest BCUT2D eigenvalue weighted by molar-refractivity contribution is 6.31. The fraction of sp³-hybridized carbons (Fsp3) is 0.0727. The van der Waals surface area contributed by atoms with Gasteiger partial charge in [0.25, 0.3) is 0 Å². The van der Waals surface area contributed by atoms with Crippen molar-refractivity contribution in [1.82, 2.24) is 9.97 Å². The Labute approximate surface area is 479 Å². The summed E-state index contributed by atoms with van der Waals surface area (Å²) in [7, 11) is 4.14. The van der Waals surface area contributed by atoms with Gasteiger partial charge in [-0.25, -0.2) is 71.4 Å². The van der Waals surface area contributed by atoms with Crippen molar-refractivity contribution in [2.45, 2.75) is 6.04 Å². The molecule has 8 heterocycles. The lowest BCUT2D eigenvalue weighted by molar-refractivity contribution is -0.660. The van der Waals surface area contributed by atoms with Crippen LogP contribution in [0.5, 0.6) is 0 Å². The average molecular weight is 1400 g/mol. The van der Waals surface area contributed by atoms with E-state index >= 15 is 52.7 Å². The van der Waals surface area contributed by atoms with E-state index in [-0.39, 0.29) is 106 Å². The largest absolute Gasteiger partial charge is 1.00 e. The van der Waals surface area contributed by atoms with Crippen molar-refractivity contribution in [2.24, 2.45) is 31.1 Å². The number of pyridine rings is 3. The molecule has 77 heavy (non-hydrogen) atoms. The summed E-state index contributed by atoms with van der Waals surface area (Å²) in [6.45, 7) is 0. The highest BCUT2D eigenvalue weighted by Gasteiger charge is 2.38. The predicted octanol–water partition coefficient (Wildman–Crippen LogP) is 0.432. The maximum atomic E-state index is 17.0. The second-order valence-electron chi connectivity index (χ2n) is 17.4. The number of hydrogen-bond donors (Lipinski definition) is 2. The number of halogens is 15. The first-order chi connectivity index (χ1) is 35.5. The number of aromatic amines is 2. The van der Waals surface area contributed by atoms with Crippen molar-refractivity contribution in [1.29, 1.82) is 0 Å². The number of benzene rings is 3. The van der Waals surface area contributed by atoms with E-state index in [1.165, 1.54) is 132 Å². The summed E-state index contributed by atoms with van der Waals surface area (Å²) in [5.74, 6) is -22.6. The van der Waals surface area contributed by atoms with Crippen LogP contribution in [0.15, 0.2) is 137 Å². The lowest BCUT2D eigenvalue weighted by atomic mass is 9.95. The fourth-order valence-electron chi connectivity index (χ4n) is 9.58. The zero-order chi connectivity index (χ0) is 52.2. The van der Waals surface area contributed by atoms with E-state index in [1.54, 1.807) is 0 Å². The van der Waals surface area contributed by atoms with Crippen LogP contribution in [-0.2, 0) is 21.1 Å². The van der Waals surface area contributed by atoms with Gasteiger partial charge in [-0.2, -0.15) is 0 Å². The summed E-state index contributed by atoms with van der Waals surface area (Å²) in [6, 6.07) is 15.8. The quantitative estimate of drug-likeness (QED) is 0.105. The van der Waals surface area contributed by atoms with E-state index in [0.29, 0.717) is 0 Å². The Balaban J connectivity index is 0.00000261. The van der Waals surface area contributed by atoms with Crippen molar-refractivity contribution < 1.29 is 138 Å². The minimum Gasteiger partial charge on any atom is -1.00 e. The zero-order valence-electron chi connectivity index (χ0n) is 39.5. The molecule has 5 aromatic heterocycles. The standard InChI is InChI=1S/C55H31F12N7.3HI/c1-72-21-7-4-10-32(72)38-44(56)50(62)41(51(63)45(38)57)35-26-15-13-24(68-26)25-14-16-27(69-25)36(42-52(64)46(58)39(47(59)53(42)65)33-11-5-8-22-73(33)2)29-18-20-31(71-29)37(30-19-17-28(35)70-30)43-54(66)48(60)40(49(61)55(43)67)34-12-6-9-23-74(34)3;;;/h4-24H,1-3H3,(H,69,70,71);3*1H/q+2;;;/p-2. The third-order valence-corrected chi connectivity index (χ3v) is 13.1. The molecule has 7 nitrogen and oxygen atoms in total. The Bertz CT molecular complexity index is 4040. The van der Waals surface area contributed by atoms with Gasteiger partial charge in [-0.3, -0.25) is 4.99 Å². The Hall–Kier alpha value is -6.68. The normalized spacial score (nSPS) is 16.8. The van der Waals surface area contributed by atoms with Crippen LogP contribution in [0.1, 0.15) is 34.1 Å². The van der Waals surface area contributed by atoms with Gasteiger partial charge in [0, 0.05) is 75.2 Å². The van der Waals surface area contributed by atoms with Crippen molar-refractivity contribution in [3.05, 3.63) is 236 Å². The Morgan fingerprint density at radius 1 is 0.390 bits per heavy atom. The number of hydrogen-bond acceptors (Lipinski definition) is 2. The second-order valence-corrected chi connectivity index (χ2v) is 17.4. The van der Waals surface area contributed by atoms with Crippen LogP contribution in [0.4, 0.5) is 52.7 Å². The molecule has 0 saturated heterocycles. The number of aromatic nitrogens is 5. The summed E-state index contributed by atoms with van der Waals surface area (Å²) in [5.41, 5.74) is -11.8. The van der Waals surface area contributed by atoms with Gasteiger partial charge in [0.1, 0.15) is 43.9 Å². The van der Waals surface area contributed by atoms with Crippen molar-refractivity contribution in [2.75, 3.05) is 0 Å². The van der Waals surface area contributed by atoms with Gasteiger partial charge >= 0.3 is 0 Å². The molecule has 22 heteroatoms. The van der Waals surface area contributed by atoms with Gasteiger partial charge in [0.05, 0.1) is 33.8 Å². The summed E-state index contributed by atoms with van der Waals surface area (Å²) < 4.78 is 204. The topological polar surface area (TPSA) is 67.9 Å². The highest BCUT2D eigenvalue weighted by Crippen LogP contribution is 2.42. The van der Waals surface area contributed by atoms with Crippen LogP contribution in [0.2, 0.25) is 0 Å². The fourth-order valence-corrected chi connectivity index (χ4v) is 9.58. The number of aryl methyl sites for hydroxylation is 3. The number of fused-ring (bicyclic) bond motifs is 7.